The van der Waals surface area contributed by atoms with Gasteiger partial charge in [-0.3, -0.25) is 37.4 Å². The van der Waals surface area contributed by atoms with Crippen molar-refractivity contribution in [2.45, 2.75) is 391 Å². The molecule has 8 unspecified atom stereocenters. The lowest BCUT2D eigenvalue weighted by Gasteiger charge is -2.23. The van der Waals surface area contributed by atoms with E-state index < -0.39 is 252 Å². The summed E-state index contributed by atoms with van der Waals surface area (Å²) >= 11 is 0. The molecule has 4 aromatic rings. The van der Waals surface area contributed by atoms with Crippen molar-refractivity contribution in [1.82, 2.24) is 59.5 Å². The molecule has 0 saturated carbocycles. The summed E-state index contributed by atoms with van der Waals surface area (Å²) in [6.07, 6.45) is -9.37. The lowest BCUT2D eigenvalue weighted by atomic mass is 10.1. The minimum absolute atomic E-state index is 0.0455. The molecule has 53 heteroatoms. The minimum atomic E-state index is -3.88. The average Bonchev–Trinajstić information content (AvgIpc) is 1.61. The topological polar surface area (TPSA) is 697 Å². The lowest BCUT2D eigenvalue weighted by molar-refractivity contribution is -0.141. The van der Waals surface area contributed by atoms with Crippen LogP contribution in [0, 0.1) is 11.6 Å². The van der Waals surface area contributed by atoms with E-state index in [1.54, 1.807) is 83.1 Å². The summed E-state index contributed by atoms with van der Waals surface area (Å²) < 4.78 is 103. The molecular weight excluding hydrogens is 1930 g/mol. The number of aromatic nitrogens is 8. The van der Waals surface area contributed by atoms with Gasteiger partial charge in [0.05, 0.1) is 44.4 Å². The SMILES string of the molecule is CC(=O)CCCCCC(NC(=O)OC(C)(C)C)C(=O)Nc1ccn([C@@H]2O[C@H](CO)C(O)C2(F)F)c(=O)n1.CC(=O)CCCCCC(NC(=O)OC(C)(C)C)C(=O)Nc1ccn([C@@H]2O[C@H](CO)C(O)[C@H]2O)c(=O)n1.CC(=O)CCCCCC(NC(=O)OC(C)(C)C)C(=O)Nc1nc(=O)n([C@@H]2O[C@H](C)C(O)[C@@H]2O)cc1F.CC(=O)CCCCCC(NC(=O)OC(C)(C)C)C(=O)Nc1nc(=O)n([C@H]2CC(O)[C@@H](CO)O2)cc1F. The number of nitrogens with zero attached hydrogens (tertiary/aromatic N) is 8. The zero-order valence-corrected chi connectivity index (χ0v) is 84.2. The molecule has 0 bridgehead atoms. The van der Waals surface area contributed by atoms with Crippen LogP contribution in [0.15, 0.2) is 56.1 Å². The highest BCUT2D eigenvalue weighted by Crippen LogP contribution is 2.42. The highest BCUT2D eigenvalue weighted by molar-refractivity contribution is 5.98. The van der Waals surface area contributed by atoms with Crippen LogP contribution in [0.3, 0.4) is 0 Å². The summed E-state index contributed by atoms with van der Waals surface area (Å²) in [5, 5.41) is 106. The number of Topliss-reactive ketones (excluding diaryl/α,β-unsaturated/α-hetero) is 4. The van der Waals surface area contributed by atoms with Crippen molar-refractivity contribution in [2.24, 2.45) is 0 Å². The van der Waals surface area contributed by atoms with E-state index in [1.807, 2.05) is 0 Å². The first-order chi connectivity index (χ1) is 67.5. The molecule has 17 N–H and O–H groups in total. The normalized spacial score (nSPS) is 21.9. The smallest absolute Gasteiger partial charge is 0.408 e. The second kappa shape index (κ2) is 56.9. The highest BCUT2D eigenvalue weighted by atomic mass is 19.3. The predicted octanol–water partition coefficient (Wildman–Crippen LogP) is 4.51. The number of amides is 8. The zero-order chi connectivity index (χ0) is 109. The fraction of sp³-hybridized carbons (Fsp3) is 0.696. The van der Waals surface area contributed by atoms with E-state index in [-0.39, 0.29) is 66.9 Å². The summed E-state index contributed by atoms with van der Waals surface area (Å²) in [6.45, 7) is 25.5. The number of nitrogens with one attached hydrogen (secondary N) is 8. The number of ether oxygens (including phenoxy) is 8. The van der Waals surface area contributed by atoms with Gasteiger partial charge in [-0.05, 0) is 181 Å². The van der Waals surface area contributed by atoms with Crippen LogP contribution in [-0.2, 0) is 76.3 Å². The third-order valence-electron chi connectivity index (χ3n) is 21.6. The number of anilines is 4. The van der Waals surface area contributed by atoms with Crippen LogP contribution in [0.25, 0.3) is 0 Å². The van der Waals surface area contributed by atoms with Gasteiger partial charge < -0.3 is 146 Å². The molecule has 18 atom stereocenters. The number of halogens is 4. The maximum absolute atomic E-state index is 14.8. The van der Waals surface area contributed by atoms with Crippen molar-refractivity contribution in [2.75, 3.05) is 41.1 Å². The number of hydrogen-bond acceptors (Lipinski definition) is 37. The molecule has 0 aromatic carbocycles. The molecule has 4 aromatic heterocycles. The van der Waals surface area contributed by atoms with Gasteiger partial charge in [0.15, 0.2) is 41.8 Å². The highest BCUT2D eigenvalue weighted by Gasteiger charge is 2.60. The van der Waals surface area contributed by atoms with Gasteiger partial charge in [0.1, 0.15) is 130 Å². The molecule has 4 fully saturated rings. The van der Waals surface area contributed by atoms with Crippen LogP contribution in [-0.4, -0.2) is 289 Å². The summed E-state index contributed by atoms with van der Waals surface area (Å²) in [4.78, 5) is 209. The number of alkyl halides is 2. The van der Waals surface area contributed by atoms with Crippen LogP contribution in [0.5, 0.6) is 0 Å². The van der Waals surface area contributed by atoms with Gasteiger partial charge in [-0.1, -0.05) is 51.4 Å². The van der Waals surface area contributed by atoms with Gasteiger partial charge in [-0.2, -0.15) is 28.7 Å². The monoisotopic (exact) mass is 2070 g/mol. The fourth-order valence-electron chi connectivity index (χ4n) is 14.4. The number of hydrogen-bond donors (Lipinski definition) is 17. The molecule has 0 aliphatic carbocycles. The number of alkyl carbamates (subject to hydrolysis) is 4. The maximum atomic E-state index is 14.8. The van der Waals surface area contributed by atoms with Gasteiger partial charge in [-0.25, -0.2) is 47.1 Å². The van der Waals surface area contributed by atoms with Crippen molar-refractivity contribution in [1.29, 1.82) is 0 Å². The summed E-state index contributed by atoms with van der Waals surface area (Å²) in [5.41, 5.74) is -7.25. The van der Waals surface area contributed by atoms with Crippen molar-refractivity contribution in [3.8, 4) is 0 Å². The maximum Gasteiger partial charge on any atom is 0.408 e. The third kappa shape index (κ3) is 41.7. The quantitative estimate of drug-likeness (QED) is 0.0165. The molecular formula is C92H140F4N16O33. The first-order valence-electron chi connectivity index (χ1n) is 47.3. The Kier molecular flexibility index (Phi) is 48.6. The largest absolute Gasteiger partial charge is 0.444 e. The first-order valence-corrected chi connectivity index (χ1v) is 47.3. The molecule has 4 aliphatic rings. The van der Waals surface area contributed by atoms with Gasteiger partial charge in [0.2, 0.25) is 29.9 Å². The summed E-state index contributed by atoms with van der Waals surface area (Å²) in [5.74, 6) is -10.4. The lowest BCUT2D eigenvalue weighted by Crippen LogP contribution is -2.46. The molecule has 145 heavy (non-hydrogen) atoms. The van der Waals surface area contributed by atoms with E-state index in [0.717, 1.165) is 27.6 Å². The Hall–Kier alpha value is -11.6. The Bertz CT molecular complexity index is 5270. The van der Waals surface area contributed by atoms with E-state index in [2.05, 4.69) is 62.5 Å². The molecule has 49 nitrogen and oxygen atoms in total. The van der Waals surface area contributed by atoms with Crippen LogP contribution in [0.1, 0.15) is 277 Å². The van der Waals surface area contributed by atoms with Crippen LogP contribution in [0.2, 0.25) is 0 Å². The van der Waals surface area contributed by atoms with Crippen molar-refractivity contribution in [3.05, 3.63) is 90.5 Å². The molecule has 8 amide bonds. The Labute approximate surface area is 832 Å². The van der Waals surface area contributed by atoms with Crippen LogP contribution < -0.4 is 65.3 Å². The number of unbranched alkanes of at least 4 members (excludes halogenated alkanes) is 8. The second-order valence-electron chi connectivity index (χ2n) is 39.1. The first kappa shape index (κ1) is 124. The van der Waals surface area contributed by atoms with E-state index in [4.69, 9.17) is 43.0 Å². The van der Waals surface area contributed by atoms with Gasteiger partial charge >= 0.3 is 53.1 Å². The number of carbonyl (C=O) groups is 12. The zero-order valence-electron chi connectivity index (χ0n) is 84.2. The predicted molar refractivity (Wildman–Crippen MR) is 504 cm³/mol. The van der Waals surface area contributed by atoms with Crippen molar-refractivity contribution in [3.63, 3.8) is 0 Å². The molecule has 8 rings (SSSR count). The number of rotatable bonds is 43. The van der Waals surface area contributed by atoms with E-state index in [9.17, 15) is 135 Å². The number of ketones is 4. The van der Waals surface area contributed by atoms with Gasteiger partial charge in [0, 0.05) is 44.5 Å². The van der Waals surface area contributed by atoms with E-state index in [0.29, 0.717) is 118 Å². The minimum Gasteiger partial charge on any atom is -0.444 e. The summed E-state index contributed by atoms with van der Waals surface area (Å²) in [7, 11) is 0. The van der Waals surface area contributed by atoms with E-state index >= 15 is 0 Å². The molecule has 4 saturated heterocycles. The Morgan fingerprint density at radius 1 is 0.407 bits per heavy atom. The molecule has 0 radical (unpaired) electrons. The molecule has 814 valence electrons. The molecule has 8 heterocycles. The van der Waals surface area contributed by atoms with Crippen LogP contribution >= 0.6 is 0 Å². The third-order valence-corrected chi connectivity index (χ3v) is 21.6. The Balaban J connectivity index is 0.000000340. The van der Waals surface area contributed by atoms with Crippen molar-refractivity contribution < 1.29 is 159 Å². The number of aliphatic hydroxyl groups is 9. The second-order valence-corrected chi connectivity index (χ2v) is 39.1. The Morgan fingerprint density at radius 2 is 0.724 bits per heavy atom. The Morgan fingerprint density at radius 3 is 1.03 bits per heavy atom. The number of carbonyl (C=O) groups excluding carboxylic acids is 12. The fourth-order valence-corrected chi connectivity index (χ4v) is 14.4. The standard InChI is InChI=1S/C23H34F2N4O8.2C23H35FN4O8.C23H36N4O9/c1-13(31)8-6-5-7-9-14(26-21(35)37-22(2,3)4)18(33)27-16-10-11-29(20(34)28-16)19-23(24,25)17(32)15(12-30)36-19;1-12(29)9-7-6-8-10-15(25-22(34)36-23(3,4)5)19(32)26-18-14(24)11-28(21(33)27-18)20-17(31)16(30)13(2)35-20;1-13(30)8-6-5-7-9-15(25-22(34)36-23(2,3)4)20(32)26-19-14(24)11-28(21(33)27-19)18-10-16(31)17(12-29)35-18;1-13(29)8-6-5-7-9-14(24-22(34)36-23(2,3)4)19(32)25-16-10-11-27(21(33)26-16)20-18(31)17(30)15(12-28)35-20/h10-11,14-15,17,19,30,32H,5-9,12H2,1-4H3,(H,26,35)(H,27,28,33,34);11,13,15-17,20,30-31H,6-10H2,1-5H3,(H,25,34)(H,26,27,32,33);11,15-18,29,31H,5-10,12H2,1-4H3,(H,25,34)(H,26,27,32,33);10-11,14-15,17-18,20,28,30-31H,5-9,12H2,1-4H3,(H,24,34)(H,25,26,32,33)/t14?,15-,17?,19-;13-,15?,16?,17+,20-;15?,16?,17-,18-;14?,15-,17?,18-,20-/m1111/s1. The molecule has 4 aliphatic heterocycles. The summed E-state index contributed by atoms with van der Waals surface area (Å²) in [6, 6.07) is -1.92. The van der Waals surface area contributed by atoms with Crippen LogP contribution in [0.4, 0.5) is 60.0 Å². The average molecular weight is 2070 g/mol. The van der Waals surface area contributed by atoms with E-state index in [1.165, 1.54) is 46.9 Å². The molecule has 0 spiro atoms. The van der Waals surface area contributed by atoms with Gasteiger partial charge in [-0.15, -0.1) is 0 Å². The number of aliphatic hydroxyl groups excluding tert-OH is 9. The van der Waals surface area contributed by atoms with Gasteiger partial charge in [0.25, 0.3) is 0 Å². The van der Waals surface area contributed by atoms with Crippen molar-refractivity contribution >= 4 is 94.4 Å².